The Kier molecular flexibility index (Phi) is 5.49. The van der Waals surface area contributed by atoms with Crippen LogP contribution < -0.4 is 0 Å². The molecule has 1 atom stereocenters. The average Bonchev–Trinajstić information content (AvgIpc) is 2.38. The van der Waals surface area contributed by atoms with E-state index in [9.17, 15) is 14.0 Å². The molecule has 0 N–H and O–H groups in total. The van der Waals surface area contributed by atoms with Gasteiger partial charge in [0.05, 0.1) is 7.11 Å². The number of esters is 1. The number of unbranched alkanes of at least 4 members (excludes halogenated alkanes) is 1. The summed E-state index contributed by atoms with van der Waals surface area (Å²) in [6.07, 6.45) is 2.06. The standard InChI is InChI=1S/C14H17FO3/c1-3-4-8-12(14(17)18-2)13(16)10-6-5-7-11(15)9-10/h5-7,9,12H,3-4,8H2,1-2H3. The first-order valence-corrected chi connectivity index (χ1v) is 5.97. The van der Waals surface area contributed by atoms with Gasteiger partial charge in [-0.15, -0.1) is 0 Å². The molecule has 0 saturated carbocycles. The number of ether oxygens (including phenoxy) is 1. The fourth-order valence-corrected chi connectivity index (χ4v) is 1.75. The number of carbonyl (C=O) groups excluding carboxylic acids is 2. The fraction of sp³-hybridized carbons (Fsp3) is 0.429. The van der Waals surface area contributed by atoms with Crippen LogP contribution in [0.1, 0.15) is 36.5 Å². The number of rotatable bonds is 6. The highest BCUT2D eigenvalue weighted by Gasteiger charge is 2.27. The SMILES string of the molecule is CCCCC(C(=O)OC)C(=O)c1cccc(F)c1. The molecule has 0 spiro atoms. The lowest BCUT2D eigenvalue weighted by Gasteiger charge is -2.13. The summed E-state index contributed by atoms with van der Waals surface area (Å²) in [5.41, 5.74) is 0.210. The molecule has 0 bridgehead atoms. The lowest BCUT2D eigenvalue weighted by molar-refractivity contribution is -0.143. The van der Waals surface area contributed by atoms with Crippen molar-refractivity contribution >= 4 is 11.8 Å². The summed E-state index contributed by atoms with van der Waals surface area (Å²) in [7, 11) is 1.25. The van der Waals surface area contributed by atoms with Crippen LogP contribution in [0.3, 0.4) is 0 Å². The van der Waals surface area contributed by atoms with Crippen molar-refractivity contribution in [1.82, 2.24) is 0 Å². The van der Waals surface area contributed by atoms with E-state index in [-0.39, 0.29) is 11.3 Å². The molecule has 0 fully saturated rings. The quantitative estimate of drug-likeness (QED) is 0.444. The molecule has 0 aliphatic carbocycles. The van der Waals surface area contributed by atoms with Crippen LogP contribution in [-0.2, 0) is 9.53 Å². The van der Waals surface area contributed by atoms with Gasteiger partial charge in [0, 0.05) is 5.56 Å². The first-order chi connectivity index (χ1) is 8.60. The Hall–Kier alpha value is -1.71. The smallest absolute Gasteiger partial charge is 0.316 e. The van der Waals surface area contributed by atoms with Crippen LogP contribution in [0.2, 0.25) is 0 Å². The van der Waals surface area contributed by atoms with E-state index in [1.54, 1.807) is 0 Å². The van der Waals surface area contributed by atoms with Gasteiger partial charge < -0.3 is 4.74 Å². The second-order valence-corrected chi connectivity index (χ2v) is 4.09. The molecule has 18 heavy (non-hydrogen) atoms. The predicted octanol–water partition coefficient (Wildman–Crippen LogP) is 2.99. The van der Waals surface area contributed by atoms with Crippen molar-refractivity contribution in [3.63, 3.8) is 0 Å². The zero-order valence-corrected chi connectivity index (χ0v) is 10.6. The summed E-state index contributed by atoms with van der Waals surface area (Å²) in [6.45, 7) is 1.97. The monoisotopic (exact) mass is 252 g/mol. The van der Waals surface area contributed by atoms with E-state index in [1.807, 2.05) is 6.92 Å². The third kappa shape index (κ3) is 3.65. The number of methoxy groups -OCH3 is 1. The average molecular weight is 252 g/mol. The Morgan fingerprint density at radius 2 is 2.11 bits per heavy atom. The lowest BCUT2D eigenvalue weighted by atomic mass is 9.93. The number of carbonyl (C=O) groups is 2. The Balaban J connectivity index is 2.91. The molecular formula is C14H17FO3. The molecule has 1 aromatic carbocycles. The number of benzene rings is 1. The van der Waals surface area contributed by atoms with Crippen LogP contribution in [0.5, 0.6) is 0 Å². The van der Waals surface area contributed by atoms with Gasteiger partial charge in [0.15, 0.2) is 5.78 Å². The minimum atomic E-state index is -0.836. The second kappa shape index (κ2) is 6.89. The van der Waals surface area contributed by atoms with Gasteiger partial charge in [0.25, 0.3) is 0 Å². The van der Waals surface area contributed by atoms with Crippen LogP contribution in [-0.4, -0.2) is 18.9 Å². The summed E-state index contributed by atoms with van der Waals surface area (Å²) in [5, 5.41) is 0. The molecule has 0 aliphatic heterocycles. The molecule has 3 nitrogen and oxygen atoms in total. The molecule has 4 heteroatoms. The van der Waals surface area contributed by atoms with Gasteiger partial charge in [-0.1, -0.05) is 31.9 Å². The zero-order chi connectivity index (χ0) is 13.5. The van der Waals surface area contributed by atoms with Crippen LogP contribution in [0.4, 0.5) is 4.39 Å². The number of hydrogen-bond acceptors (Lipinski definition) is 3. The Morgan fingerprint density at radius 3 is 2.67 bits per heavy atom. The van der Waals surface area contributed by atoms with Gasteiger partial charge >= 0.3 is 5.97 Å². The van der Waals surface area contributed by atoms with E-state index in [2.05, 4.69) is 4.74 Å². The highest BCUT2D eigenvalue weighted by molar-refractivity contribution is 6.08. The molecular weight excluding hydrogens is 235 g/mol. The van der Waals surface area contributed by atoms with Crippen molar-refractivity contribution in [2.24, 2.45) is 5.92 Å². The van der Waals surface area contributed by atoms with Crippen molar-refractivity contribution in [2.45, 2.75) is 26.2 Å². The molecule has 1 aromatic rings. The maximum Gasteiger partial charge on any atom is 0.316 e. The predicted molar refractivity (Wildman–Crippen MR) is 65.8 cm³/mol. The number of hydrogen-bond donors (Lipinski definition) is 0. The minimum Gasteiger partial charge on any atom is -0.468 e. The maximum absolute atomic E-state index is 13.1. The second-order valence-electron chi connectivity index (χ2n) is 4.09. The summed E-state index contributed by atoms with van der Waals surface area (Å²) < 4.78 is 17.7. The first kappa shape index (κ1) is 14.4. The first-order valence-electron chi connectivity index (χ1n) is 5.97. The lowest BCUT2D eigenvalue weighted by Crippen LogP contribution is -2.25. The van der Waals surface area contributed by atoms with Gasteiger partial charge in [-0.05, 0) is 18.6 Å². The van der Waals surface area contributed by atoms with Crippen LogP contribution in [0.25, 0.3) is 0 Å². The molecule has 1 rings (SSSR count). The minimum absolute atomic E-state index is 0.210. The largest absolute Gasteiger partial charge is 0.468 e. The van der Waals surface area contributed by atoms with E-state index < -0.39 is 17.7 Å². The van der Waals surface area contributed by atoms with Crippen LogP contribution in [0.15, 0.2) is 24.3 Å². The van der Waals surface area contributed by atoms with E-state index >= 15 is 0 Å². The van der Waals surface area contributed by atoms with Crippen molar-refractivity contribution in [3.05, 3.63) is 35.6 Å². The van der Waals surface area contributed by atoms with Gasteiger partial charge in [-0.3, -0.25) is 9.59 Å². The van der Waals surface area contributed by atoms with Crippen molar-refractivity contribution in [3.8, 4) is 0 Å². The van der Waals surface area contributed by atoms with Crippen molar-refractivity contribution in [1.29, 1.82) is 0 Å². The zero-order valence-electron chi connectivity index (χ0n) is 10.6. The number of Topliss-reactive ketones (excluding diaryl/α,β-unsaturated/α-hetero) is 1. The topological polar surface area (TPSA) is 43.4 Å². The highest BCUT2D eigenvalue weighted by atomic mass is 19.1. The van der Waals surface area contributed by atoms with E-state index in [1.165, 1.54) is 25.3 Å². The summed E-state index contributed by atoms with van der Waals surface area (Å²) >= 11 is 0. The number of halogens is 1. The molecule has 1 unspecified atom stereocenters. The molecule has 0 aromatic heterocycles. The molecule has 0 aliphatic rings. The van der Waals surface area contributed by atoms with E-state index in [0.717, 1.165) is 18.9 Å². The number of ketones is 1. The third-order valence-electron chi connectivity index (χ3n) is 2.76. The van der Waals surface area contributed by atoms with Crippen molar-refractivity contribution < 1.29 is 18.7 Å². The summed E-state index contributed by atoms with van der Waals surface area (Å²) in [5.74, 6) is -2.26. The van der Waals surface area contributed by atoms with E-state index in [0.29, 0.717) is 6.42 Å². The molecule has 98 valence electrons. The van der Waals surface area contributed by atoms with Gasteiger partial charge in [0.1, 0.15) is 11.7 Å². The van der Waals surface area contributed by atoms with Crippen LogP contribution in [0, 0.1) is 11.7 Å². The summed E-state index contributed by atoms with van der Waals surface area (Å²) in [6, 6.07) is 5.37. The third-order valence-corrected chi connectivity index (χ3v) is 2.76. The summed E-state index contributed by atoms with van der Waals surface area (Å²) in [4.78, 5) is 23.7. The Morgan fingerprint density at radius 1 is 1.39 bits per heavy atom. The Labute approximate surface area is 106 Å². The Bertz CT molecular complexity index is 429. The van der Waals surface area contributed by atoms with E-state index in [4.69, 9.17) is 0 Å². The highest BCUT2D eigenvalue weighted by Crippen LogP contribution is 2.17. The van der Waals surface area contributed by atoms with Gasteiger partial charge in [0.2, 0.25) is 0 Å². The molecule has 0 amide bonds. The fourth-order valence-electron chi connectivity index (χ4n) is 1.75. The van der Waals surface area contributed by atoms with Crippen LogP contribution >= 0.6 is 0 Å². The molecule has 0 heterocycles. The molecule has 0 saturated heterocycles. The van der Waals surface area contributed by atoms with Crippen molar-refractivity contribution in [2.75, 3.05) is 7.11 Å². The maximum atomic E-state index is 13.1. The van der Waals surface area contributed by atoms with Gasteiger partial charge in [-0.25, -0.2) is 4.39 Å². The normalized spacial score (nSPS) is 11.9. The van der Waals surface area contributed by atoms with Gasteiger partial charge in [-0.2, -0.15) is 0 Å². The molecule has 0 radical (unpaired) electrons.